The second kappa shape index (κ2) is 6.62. The average Bonchev–Trinajstić information content (AvgIpc) is 2.47. The molecular weight excluding hydrogens is 256 g/mol. The summed E-state index contributed by atoms with van der Waals surface area (Å²) in [5, 5.41) is 3.26. The van der Waals surface area contributed by atoms with Crippen molar-refractivity contribution in [3.8, 4) is 0 Å². The molecule has 0 amide bonds. The molecule has 1 N–H and O–H groups in total. The predicted molar refractivity (Wildman–Crippen MR) is 77.6 cm³/mol. The first-order valence-corrected chi connectivity index (χ1v) is 6.81. The number of hydrogen-bond acceptors (Lipinski definition) is 1. The SMILES string of the molecule is CC(CNC(C)c1cc(F)ccc1F)c1ccccc1. The smallest absolute Gasteiger partial charge is 0.128 e. The molecule has 2 rings (SSSR count). The van der Waals surface area contributed by atoms with E-state index in [1.54, 1.807) is 0 Å². The van der Waals surface area contributed by atoms with Gasteiger partial charge in [-0.3, -0.25) is 0 Å². The quantitative estimate of drug-likeness (QED) is 0.851. The molecule has 2 unspecified atom stereocenters. The lowest BCUT2D eigenvalue weighted by Crippen LogP contribution is -2.24. The first-order chi connectivity index (χ1) is 9.58. The molecule has 0 saturated carbocycles. The van der Waals surface area contributed by atoms with Crippen LogP contribution in [0.15, 0.2) is 48.5 Å². The molecule has 0 radical (unpaired) electrons. The number of nitrogens with one attached hydrogen (secondary N) is 1. The maximum absolute atomic E-state index is 13.7. The summed E-state index contributed by atoms with van der Waals surface area (Å²) in [5.74, 6) is -0.472. The van der Waals surface area contributed by atoms with E-state index in [2.05, 4.69) is 24.4 Å². The molecule has 2 aromatic carbocycles. The van der Waals surface area contributed by atoms with E-state index >= 15 is 0 Å². The van der Waals surface area contributed by atoms with E-state index in [0.717, 1.165) is 6.07 Å². The normalized spacial score (nSPS) is 14.0. The van der Waals surface area contributed by atoms with Crippen molar-refractivity contribution in [2.45, 2.75) is 25.8 Å². The van der Waals surface area contributed by atoms with Gasteiger partial charge in [-0.2, -0.15) is 0 Å². The highest BCUT2D eigenvalue weighted by atomic mass is 19.1. The molecule has 2 atom stereocenters. The van der Waals surface area contributed by atoms with E-state index in [1.807, 2.05) is 25.1 Å². The Bertz CT molecular complexity index is 554. The van der Waals surface area contributed by atoms with Gasteiger partial charge in [-0.25, -0.2) is 8.78 Å². The van der Waals surface area contributed by atoms with Gasteiger partial charge >= 0.3 is 0 Å². The Kier molecular flexibility index (Phi) is 4.85. The lowest BCUT2D eigenvalue weighted by Gasteiger charge is -2.19. The van der Waals surface area contributed by atoms with Gasteiger partial charge in [0.05, 0.1) is 0 Å². The zero-order valence-corrected chi connectivity index (χ0v) is 11.7. The van der Waals surface area contributed by atoms with Crippen LogP contribution in [0.4, 0.5) is 8.78 Å². The largest absolute Gasteiger partial charge is 0.309 e. The molecule has 0 aliphatic heterocycles. The molecule has 0 saturated heterocycles. The second-order valence-electron chi connectivity index (χ2n) is 5.11. The molecule has 1 nitrogen and oxygen atoms in total. The highest BCUT2D eigenvalue weighted by molar-refractivity contribution is 5.22. The van der Waals surface area contributed by atoms with Gasteiger partial charge in [-0.05, 0) is 36.6 Å². The van der Waals surface area contributed by atoms with Crippen molar-refractivity contribution in [3.63, 3.8) is 0 Å². The molecule has 0 spiro atoms. The minimum atomic E-state index is -0.411. The molecule has 106 valence electrons. The van der Waals surface area contributed by atoms with Crippen LogP contribution in [0.5, 0.6) is 0 Å². The van der Waals surface area contributed by atoms with Crippen LogP contribution in [-0.4, -0.2) is 6.54 Å². The molecule has 0 bridgehead atoms. The van der Waals surface area contributed by atoms with E-state index in [1.165, 1.54) is 17.7 Å². The van der Waals surface area contributed by atoms with Crippen LogP contribution < -0.4 is 5.32 Å². The monoisotopic (exact) mass is 275 g/mol. The zero-order chi connectivity index (χ0) is 14.5. The van der Waals surface area contributed by atoms with Crippen molar-refractivity contribution < 1.29 is 8.78 Å². The fraction of sp³-hybridized carbons (Fsp3) is 0.294. The van der Waals surface area contributed by atoms with Crippen LogP contribution in [0.3, 0.4) is 0 Å². The van der Waals surface area contributed by atoms with Gasteiger partial charge in [0.15, 0.2) is 0 Å². The Morgan fingerprint density at radius 1 is 1.00 bits per heavy atom. The van der Waals surface area contributed by atoms with Crippen LogP contribution in [0.1, 0.15) is 36.9 Å². The van der Waals surface area contributed by atoms with E-state index in [0.29, 0.717) is 18.0 Å². The number of hydrogen-bond donors (Lipinski definition) is 1. The number of benzene rings is 2. The zero-order valence-electron chi connectivity index (χ0n) is 11.7. The lowest BCUT2D eigenvalue weighted by molar-refractivity contribution is 0.501. The summed E-state index contributed by atoms with van der Waals surface area (Å²) in [6, 6.07) is 13.5. The maximum Gasteiger partial charge on any atom is 0.128 e. The molecule has 0 fully saturated rings. The molecule has 3 heteroatoms. The topological polar surface area (TPSA) is 12.0 Å². The summed E-state index contributed by atoms with van der Waals surface area (Å²) in [4.78, 5) is 0. The third-order valence-corrected chi connectivity index (χ3v) is 3.52. The molecule has 20 heavy (non-hydrogen) atoms. The van der Waals surface area contributed by atoms with Crippen LogP contribution in [0.2, 0.25) is 0 Å². The minimum absolute atomic E-state index is 0.225. The third kappa shape index (κ3) is 3.64. The summed E-state index contributed by atoms with van der Waals surface area (Å²) in [6.07, 6.45) is 0. The average molecular weight is 275 g/mol. The van der Waals surface area contributed by atoms with Gasteiger partial charge in [-0.1, -0.05) is 37.3 Å². The molecule has 0 aromatic heterocycles. The van der Waals surface area contributed by atoms with Gasteiger partial charge in [0.25, 0.3) is 0 Å². The molecular formula is C17H19F2N. The van der Waals surface area contributed by atoms with Gasteiger partial charge in [0.1, 0.15) is 11.6 Å². The summed E-state index contributed by atoms with van der Waals surface area (Å²) in [7, 11) is 0. The Balaban J connectivity index is 1.98. The van der Waals surface area contributed by atoms with Crippen molar-refractivity contribution in [2.75, 3.05) is 6.54 Å². The van der Waals surface area contributed by atoms with E-state index in [9.17, 15) is 8.78 Å². The number of halogens is 2. The summed E-state index contributed by atoms with van der Waals surface area (Å²) in [5.41, 5.74) is 1.59. The van der Waals surface area contributed by atoms with Crippen LogP contribution in [0, 0.1) is 11.6 Å². The summed E-state index contributed by atoms with van der Waals surface area (Å²) in [6.45, 7) is 4.66. The Labute approximate surface area is 118 Å². The fourth-order valence-electron chi connectivity index (χ4n) is 2.21. The standard InChI is InChI=1S/C17H19F2N/c1-12(14-6-4-3-5-7-14)11-20-13(2)16-10-15(18)8-9-17(16)19/h3-10,12-13,20H,11H2,1-2H3. The fourth-order valence-corrected chi connectivity index (χ4v) is 2.21. The van der Waals surface area contributed by atoms with Gasteiger partial charge in [0, 0.05) is 18.2 Å². The molecule has 0 aliphatic carbocycles. The first kappa shape index (κ1) is 14.7. The van der Waals surface area contributed by atoms with Crippen molar-refractivity contribution in [3.05, 3.63) is 71.3 Å². The molecule has 0 heterocycles. The minimum Gasteiger partial charge on any atom is -0.309 e. The van der Waals surface area contributed by atoms with Crippen LogP contribution in [-0.2, 0) is 0 Å². The molecule has 2 aromatic rings. The Morgan fingerprint density at radius 3 is 2.40 bits per heavy atom. The highest BCUT2D eigenvalue weighted by Gasteiger charge is 2.13. The van der Waals surface area contributed by atoms with E-state index in [-0.39, 0.29) is 11.9 Å². The van der Waals surface area contributed by atoms with Crippen LogP contribution >= 0.6 is 0 Å². The highest BCUT2D eigenvalue weighted by Crippen LogP contribution is 2.20. The van der Waals surface area contributed by atoms with Gasteiger partial charge in [-0.15, -0.1) is 0 Å². The van der Waals surface area contributed by atoms with Gasteiger partial charge in [0.2, 0.25) is 0 Å². The van der Waals surface area contributed by atoms with Gasteiger partial charge < -0.3 is 5.32 Å². The van der Waals surface area contributed by atoms with Crippen LogP contribution in [0.25, 0.3) is 0 Å². The number of rotatable bonds is 5. The van der Waals surface area contributed by atoms with Crippen molar-refractivity contribution in [2.24, 2.45) is 0 Å². The summed E-state index contributed by atoms with van der Waals surface area (Å²) < 4.78 is 26.8. The second-order valence-corrected chi connectivity index (χ2v) is 5.11. The third-order valence-electron chi connectivity index (χ3n) is 3.52. The first-order valence-electron chi connectivity index (χ1n) is 6.81. The summed E-state index contributed by atoms with van der Waals surface area (Å²) >= 11 is 0. The maximum atomic E-state index is 13.7. The predicted octanol–water partition coefficient (Wildman–Crippen LogP) is 4.42. The van der Waals surface area contributed by atoms with E-state index < -0.39 is 5.82 Å². The van der Waals surface area contributed by atoms with E-state index in [4.69, 9.17) is 0 Å². The van der Waals surface area contributed by atoms with Crippen molar-refractivity contribution in [1.29, 1.82) is 0 Å². The Hall–Kier alpha value is -1.74. The van der Waals surface area contributed by atoms with Crippen molar-refractivity contribution >= 4 is 0 Å². The molecule has 0 aliphatic rings. The lowest BCUT2D eigenvalue weighted by atomic mass is 10.0. The Morgan fingerprint density at radius 2 is 1.70 bits per heavy atom. The van der Waals surface area contributed by atoms with Crippen molar-refractivity contribution in [1.82, 2.24) is 5.32 Å².